The van der Waals surface area contributed by atoms with Crippen molar-refractivity contribution in [2.75, 3.05) is 45.4 Å². The number of hydrogen-bond acceptors (Lipinski definition) is 7. The molecule has 0 spiro atoms. The molecule has 1 saturated heterocycles. The van der Waals surface area contributed by atoms with Crippen LogP contribution in [0.1, 0.15) is 18.7 Å². The van der Waals surface area contributed by atoms with Crippen LogP contribution < -0.4 is 15.0 Å². The third kappa shape index (κ3) is 5.41. The zero-order valence-corrected chi connectivity index (χ0v) is 16.9. The molecule has 1 aromatic heterocycles. The van der Waals surface area contributed by atoms with Gasteiger partial charge in [0.15, 0.2) is 0 Å². The van der Waals surface area contributed by atoms with Crippen molar-refractivity contribution in [1.29, 1.82) is 0 Å². The summed E-state index contributed by atoms with van der Waals surface area (Å²) in [7, 11) is 3.89. The number of likely N-dealkylation sites (N-methyl/N-ethyl adjacent to an activating group) is 1. The molecule has 1 aliphatic rings. The third-order valence-corrected chi connectivity index (χ3v) is 4.94. The summed E-state index contributed by atoms with van der Waals surface area (Å²) >= 11 is 0. The highest BCUT2D eigenvalue weighted by atomic mass is 16.5. The van der Waals surface area contributed by atoms with Gasteiger partial charge in [0, 0.05) is 44.5 Å². The quantitative estimate of drug-likeness (QED) is 0.718. The summed E-state index contributed by atoms with van der Waals surface area (Å²) in [5.74, 6) is 2.37. The highest BCUT2D eigenvalue weighted by Crippen LogP contribution is 2.27. The molecule has 2 heterocycles. The van der Waals surface area contributed by atoms with Gasteiger partial charge in [-0.05, 0) is 38.9 Å². The van der Waals surface area contributed by atoms with E-state index in [2.05, 4.69) is 27.2 Å². The number of hydrogen-bond donors (Lipinski definition) is 2. The largest absolute Gasteiger partial charge is 0.491 e. The first-order chi connectivity index (χ1) is 13.6. The summed E-state index contributed by atoms with van der Waals surface area (Å²) < 4.78 is 11.2. The number of rotatable bonds is 8. The number of aryl methyl sites for hydroxylation is 1. The number of aliphatic hydroxyl groups excluding tert-OH is 1. The zero-order chi connectivity index (χ0) is 19.9. The van der Waals surface area contributed by atoms with Crippen LogP contribution >= 0.6 is 0 Å². The Morgan fingerprint density at radius 1 is 1.29 bits per heavy atom. The van der Waals surface area contributed by atoms with Crippen molar-refractivity contribution in [3.63, 3.8) is 0 Å². The van der Waals surface area contributed by atoms with Gasteiger partial charge in [-0.1, -0.05) is 12.1 Å². The summed E-state index contributed by atoms with van der Waals surface area (Å²) in [5.41, 5.74) is 1.83. The zero-order valence-electron chi connectivity index (χ0n) is 16.9. The fraction of sp³-hybridized carbons (Fsp3) is 0.524. The molecule has 0 bridgehead atoms. The first kappa shape index (κ1) is 20.5. The average Bonchev–Trinajstić information content (AvgIpc) is 2.72. The lowest BCUT2D eigenvalue weighted by Crippen LogP contribution is -2.37. The lowest BCUT2D eigenvalue weighted by atomic mass is 10.1. The Morgan fingerprint density at radius 2 is 2.07 bits per heavy atom. The molecule has 2 aromatic rings. The number of nitrogens with one attached hydrogen (secondary N) is 1. The minimum absolute atomic E-state index is 0.241. The van der Waals surface area contributed by atoms with Crippen LogP contribution in [0.15, 0.2) is 30.3 Å². The summed E-state index contributed by atoms with van der Waals surface area (Å²) in [6.07, 6.45) is 1.47. The Kier molecular flexibility index (Phi) is 7.19. The predicted octanol–water partition coefficient (Wildman–Crippen LogP) is 2.03. The van der Waals surface area contributed by atoms with Crippen LogP contribution in [-0.2, 0) is 4.74 Å². The van der Waals surface area contributed by atoms with Crippen LogP contribution in [0.3, 0.4) is 0 Å². The van der Waals surface area contributed by atoms with Crippen LogP contribution in [0.5, 0.6) is 5.75 Å². The van der Waals surface area contributed by atoms with Gasteiger partial charge >= 0.3 is 0 Å². The van der Waals surface area contributed by atoms with E-state index in [1.54, 1.807) is 7.05 Å². The topological polar surface area (TPSA) is 79.7 Å². The SMILES string of the molecule is CNCC(O)COc1cccc(-c2cc(N(C)C3CCOCC3)nc(C)n2)c1. The van der Waals surface area contributed by atoms with E-state index in [1.807, 2.05) is 37.3 Å². The number of nitrogens with zero attached hydrogens (tertiary/aromatic N) is 3. The van der Waals surface area contributed by atoms with E-state index in [4.69, 9.17) is 9.47 Å². The van der Waals surface area contributed by atoms with Crippen molar-refractivity contribution in [2.24, 2.45) is 0 Å². The molecule has 1 fully saturated rings. The fourth-order valence-corrected chi connectivity index (χ4v) is 3.37. The van der Waals surface area contributed by atoms with Crippen LogP contribution in [0.25, 0.3) is 11.3 Å². The summed E-state index contributed by atoms with van der Waals surface area (Å²) in [4.78, 5) is 11.5. The molecular weight excluding hydrogens is 356 g/mol. The molecule has 2 N–H and O–H groups in total. The Labute approximate surface area is 166 Å². The minimum atomic E-state index is -0.547. The van der Waals surface area contributed by atoms with E-state index in [0.717, 1.165) is 49.0 Å². The first-order valence-electron chi connectivity index (χ1n) is 9.79. The second kappa shape index (κ2) is 9.82. The normalized spacial score (nSPS) is 16.0. The summed E-state index contributed by atoms with van der Waals surface area (Å²) in [6, 6.07) is 10.2. The molecule has 7 heteroatoms. The monoisotopic (exact) mass is 386 g/mol. The predicted molar refractivity (Wildman–Crippen MR) is 110 cm³/mol. The first-order valence-corrected chi connectivity index (χ1v) is 9.79. The van der Waals surface area contributed by atoms with E-state index < -0.39 is 6.10 Å². The van der Waals surface area contributed by atoms with Crippen molar-refractivity contribution < 1.29 is 14.6 Å². The number of aromatic nitrogens is 2. The lowest BCUT2D eigenvalue weighted by molar-refractivity contribution is 0.0853. The van der Waals surface area contributed by atoms with Gasteiger partial charge in [0.2, 0.25) is 0 Å². The van der Waals surface area contributed by atoms with Crippen LogP contribution in [-0.4, -0.2) is 67.7 Å². The molecule has 3 rings (SSSR count). The van der Waals surface area contributed by atoms with E-state index in [1.165, 1.54) is 0 Å². The Hall–Kier alpha value is -2.22. The molecule has 0 saturated carbocycles. The van der Waals surface area contributed by atoms with Crippen molar-refractivity contribution in [2.45, 2.75) is 31.9 Å². The van der Waals surface area contributed by atoms with Crippen molar-refractivity contribution in [1.82, 2.24) is 15.3 Å². The van der Waals surface area contributed by atoms with E-state index in [0.29, 0.717) is 18.3 Å². The van der Waals surface area contributed by atoms with E-state index in [-0.39, 0.29) is 6.61 Å². The second-order valence-corrected chi connectivity index (χ2v) is 7.16. The molecule has 0 aliphatic carbocycles. The molecule has 0 amide bonds. The number of ether oxygens (including phenoxy) is 2. The van der Waals surface area contributed by atoms with Gasteiger partial charge in [-0.2, -0.15) is 0 Å². The molecule has 1 aliphatic heterocycles. The van der Waals surface area contributed by atoms with Crippen LogP contribution in [0.2, 0.25) is 0 Å². The molecule has 1 aromatic carbocycles. The fourth-order valence-electron chi connectivity index (χ4n) is 3.37. The van der Waals surface area contributed by atoms with Crippen LogP contribution in [0.4, 0.5) is 5.82 Å². The van der Waals surface area contributed by atoms with Crippen molar-refractivity contribution >= 4 is 5.82 Å². The van der Waals surface area contributed by atoms with Crippen LogP contribution in [0, 0.1) is 6.92 Å². The Balaban J connectivity index is 1.77. The van der Waals surface area contributed by atoms with E-state index >= 15 is 0 Å². The van der Waals surface area contributed by atoms with E-state index in [9.17, 15) is 5.11 Å². The lowest BCUT2D eigenvalue weighted by Gasteiger charge is -2.32. The van der Waals surface area contributed by atoms with Gasteiger partial charge < -0.3 is 24.8 Å². The molecule has 152 valence electrons. The number of benzene rings is 1. The van der Waals surface area contributed by atoms with Gasteiger partial charge in [0.25, 0.3) is 0 Å². The maximum absolute atomic E-state index is 9.83. The number of anilines is 1. The maximum atomic E-state index is 9.83. The molecular formula is C21H30N4O3. The van der Waals surface area contributed by atoms with Gasteiger partial charge in [-0.3, -0.25) is 0 Å². The Bertz CT molecular complexity index is 765. The third-order valence-electron chi connectivity index (χ3n) is 4.94. The Morgan fingerprint density at radius 3 is 2.82 bits per heavy atom. The van der Waals surface area contributed by atoms with Gasteiger partial charge in [-0.25, -0.2) is 9.97 Å². The molecule has 0 radical (unpaired) electrons. The molecule has 1 atom stereocenters. The molecule has 1 unspecified atom stereocenters. The minimum Gasteiger partial charge on any atom is -0.491 e. The molecule has 7 nitrogen and oxygen atoms in total. The van der Waals surface area contributed by atoms with Gasteiger partial charge in [0.1, 0.15) is 30.1 Å². The smallest absolute Gasteiger partial charge is 0.132 e. The summed E-state index contributed by atoms with van der Waals surface area (Å²) in [5, 5.41) is 12.8. The number of aliphatic hydroxyl groups is 1. The summed E-state index contributed by atoms with van der Waals surface area (Å²) in [6.45, 7) is 4.24. The highest BCUT2D eigenvalue weighted by molar-refractivity contribution is 5.64. The van der Waals surface area contributed by atoms with Crippen molar-refractivity contribution in [3.05, 3.63) is 36.2 Å². The van der Waals surface area contributed by atoms with Gasteiger partial charge in [-0.15, -0.1) is 0 Å². The standard InChI is InChI=1S/C21H30N4O3/c1-15-23-20(12-21(24-15)25(3)17-7-9-27-10-8-17)16-5-4-6-19(11-16)28-14-18(26)13-22-2/h4-6,11-12,17-18,22,26H,7-10,13-14H2,1-3H3. The molecule has 28 heavy (non-hydrogen) atoms. The second-order valence-electron chi connectivity index (χ2n) is 7.16. The average molecular weight is 386 g/mol. The van der Waals surface area contributed by atoms with Gasteiger partial charge in [0.05, 0.1) is 5.69 Å². The van der Waals surface area contributed by atoms with Crippen molar-refractivity contribution in [3.8, 4) is 17.0 Å². The highest BCUT2D eigenvalue weighted by Gasteiger charge is 2.20. The maximum Gasteiger partial charge on any atom is 0.132 e.